The predicted molar refractivity (Wildman–Crippen MR) is 122 cm³/mol. The van der Waals surface area contributed by atoms with E-state index in [9.17, 15) is 9.59 Å². The number of benzene rings is 2. The van der Waals surface area contributed by atoms with Gasteiger partial charge >= 0.3 is 0 Å². The third-order valence-electron chi connectivity index (χ3n) is 6.59. The summed E-state index contributed by atoms with van der Waals surface area (Å²) in [5.74, 6) is -0.471. The summed E-state index contributed by atoms with van der Waals surface area (Å²) in [6.45, 7) is 2.43. The van der Waals surface area contributed by atoms with Crippen LogP contribution < -0.4 is 5.32 Å². The van der Waals surface area contributed by atoms with Gasteiger partial charge in [0, 0.05) is 17.5 Å². The molecule has 1 aromatic heterocycles. The maximum absolute atomic E-state index is 13.7. The molecule has 158 valence electrons. The van der Waals surface area contributed by atoms with E-state index in [2.05, 4.69) is 10.3 Å². The number of hydrogen-bond acceptors (Lipinski definition) is 4. The van der Waals surface area contributed by atoms with Crippen molar-refractivity contribution >= 4 is 28.3 Å². The smallest absolute Gasteiger partial charge is 0.254 e. The van der Waals surface area contributed by atoms with Crippen molar-refractivity contribution in [3.05, 3.63) is 82.4 Å². The van der Waals surface area contributed by atoms with E-state index in [0.29, 0.717) is 17.2 Å². The second kappa shape index (κ2) is 7.93. The minimum atomic E-state index is -0.516. The molecule has 6 heteroatoms. The minimum Gasteiger partial charge on any atom is -0.327 e. The average molecular weight is 432 g/mol. The molecule has 1 spiro atoms. The van der Waals surface area contributed by atoms with Gasteiger partial charge in [-0.3, -0.25) is 9.59 Å². The number of fused-ring (bicyclic) bond motifs is 1. The Kier molecular flexibility index (Phi) is 5.10. The van der Waals surface area contributed by atoms with E-state index in [0.717, 1.165) is 42.5 Å². The SMILES string of the molecule is Cc1csc(NC(=O)C2c3ccccc3C(=O)N(Cc3ccccc3)C23CCCC3)n1. The number of amides is 2. The fraction of sp³-hybridized carbons (Fsp3) is 0.320. The Bertz CT molecular complexity index is 1120. The predicted octanol–water partition coefficient (Wildman–Crippen LogP) is 5.14. The van der Waals surface area contributed by atoms with Crippen LogP contribution in [0.1, 0.15) is 58.8 Å². The quantitative estimate of drug-likeness (QED) is 0.622. The van der Waals surface area contributed by atoms with E-state index >= 15 is 0 Å². The van der Waals surface area contributed by atoms with Crippen molar-refractivity contribution in [2.45, 2.75) is 50.6 Å². The number of aromatic nitrogens is 1. The minimum absolute atomic E-state index is 0.0236. The van der Waals surface area contributed by atoms with Crippen molar-refractivity contribution in [1.82, 2.24) is 9.88 Å². The summed E-state index contributed by atoms with van der Waals surface area (Å²) >= 11 is 1.43. The van der Waals surface area contributed by atoms with Crippen molar-refractivity contribution in [3.8, 4) is 0 Å². The highest BCUT2D eigenvalue weighted by Crippen LogP contribution is 2.51. The first kappa shape index (κ1) is 19.9. The van der Waals surface area contributed by atoms with Gasteiger partial charge in [-0.05, 0) is 37.0 Å². The molecule has 2 heterocycles. The summed E-state index contributed by atoms with van der Waals surface area (Å²) in [6, 6.07) is 17.7. The zero-order chi connectivity index (χ0) is 21.4. The number of hydrogen-bond donors (Lipinski definition) is 1. The number of aryl methyl sites for hydroxylation is 1. The highest BCUT2D eigenvalue weighted by Gasteiger charge is 2.55. The lowest BCUT2D eigenvalue weighted by Gasteiger charge is -2.50. The van der Waals surface area contributed by atoms with E-state index < -0.39 is 11.5 Å². The van der Waals surface area contributed by atoms with Crippen LogP contribution in [0.25, 0.3) is 0 Å². The highest BCUT2D eigenvalue weighted by molar-refractivity contribution is 7.13. The van der Waals surface area contributed by atoms with Crippen LogP contribution in [0.3, 0.4) is 0 Å². The Balaban J connectivity index is 1.60. The molecule has 31 heavy (non-hydrogen) atoms. The molecule has 0 bridgehead atoms. The Morgan fingerprint density at radius 3 is 2.55 bits per heavy atom. The molecule has 1 fully saturated rings. The van der Waals surface area contributed by atoms with Gasteiger partial charge in [-0.1, -0.05) is 61.4 Å². The van der Waals surface area contributed by atoms with E-state index in [4.69, 9.17) is 0 Å². The van der Waals surface area contributed by atoms with E-state index in [1.807, 2.05) is 71.8 Å². The second-order valence-corrected chi connectivity index (χ2v) is 9.35. The molecule has 5 nitrogen and oxygen atoms in total. The molecule has 1 saturated carbocycles. The number of nitrogens with one attached hydrogen (secondary N) is 1. The summed E-state index contributed by atoms with van der Waals surface area (Å²) in [4.78, 5) is 33.8. The molecule has 0 saturated heterocycles. The van der Waals surface area contributed by atoms with Crippen molar-refractivity contribution in [2.24, 2.45) is 0 Å². The fourth-order valence-corrected chi connectivity index (χ4v) is 5.94. The molecule has 1 unspecified atom stereocenters. The zero-order valence-electron chi connectivity index (χ0n) is 17.5. The molecule has 3 aromatic rings. The van der Waals surface area contributed by atoms with Gasteiger partial charge in [0.15, 0.2) is 5.13 Å². The van der Waals surface area contributed by atoms with Crippen molar-refractivity contribution in [3.63, 3.8) is 0 Å². The number of thiazole rings is 1. The van der Waals surface area contributed by atoms with Crippen LogP contribution in [0.2, 0.25) is 0 Å². The van der Waals surface area contributed by atoms with Crippen LogP contribution >= 0.6 is 11.3 Å². The van der Waals surface area contributed by atoms with Gasteiger partial charge in [-0.2, -0.15) is 0 Å². The van der Waals surface area contributed by atoms with Gasteiger partial charge in [0.2, 0.25) is 5.91 Å². The maximum atomic E-state index is 13.7. The van der Waals surface area contributed by atoms with Gasteiger partial charge in [-0.15, -0.1) is 11.3 Å². The summed E-state index contributed by atoms with van der Waals surface area (Å²) in [5, 5.41) is 5.60. The first-order valence-corrected chi connectivity index (χ1v) is 11.6. The molecule has 2 amide bonds. The van der Waals surface area contributed by atoms with Gasteiger partial charge in [0.1, 0.15) is 0 Å². The molecule has 1 aliphatic carbocycles. The van der Waals surface area contributed by atoms with Crippen molar-refractivity contribution in [2.75, 3.05) is 5.32 Å². The molecule has 1 aliphatic heterocycles. The van der Waals surface area contributed by atoms with Crippen LogP contribution in [0.4, 0.5) is 5.13 Å². The number of carbonyl (C=O) groups is 2. The van der Waals surface area contributed by atoms with Gasteiger partial charge in [0.25, 0.3) is 5.91 Å². The van der Waals surface area contributed by atoms with E-state index in [-0.39, 0.29) is 11.8 Å². The van der Waals surface area contributed by atoms with Crippen LogP contribution in [0.15, 0.2) is 60.0 Å². The van der Waals surface area contributed by atoms with Crippen molar-refractivity contribution in [1.29, 1.82) is 0 Å². The lowest BCUT2D eigenvalue weighted by molar-refractivity contribution is -0.121. The van der Waals surface area contributed by atoms with Crippen LogP contribution in [-0.2, 0) is 11.3 Å². The molecule has 1 atom stereocenters. The Hall–Kier alpha value is -2.99. The van der Waals surface area contributed by atoms with Gasteiger partial charge < -0.3 is 10.2 Å². The summed E-state index contributed by atoms with van der Waals surface area (Å²) < 4.78 is 0. The second-order valence-electron chi connectivity index (χ2n) is 8.49. The maximum Gasteiger partial charge on any atom is 0.254 e. The van der Waals surface area contributed by atoms with Crippen LogP contribution in [0, 0.1) is 6.92 Å². The summed E-state index contributed by atoms with van der Waals surface area (Å²) in [5.41, 5.74) is 2.92. The average Bonchev–Trinajstić information content (AvgIpc) is 3.42. The lowest BCUT2D eigenvalue weighted by Crippen LogP contribution is -2.59. The molecule has 1 N–H and O–H groups in total. The number of anilines is 1. The first-order chi connectivity index (χ1) is 15.1. The molecule has 2 aromatic carbocycles. The van der Waals surface area contributed by atoms with Crippen molar-refractivity contribution < 1.29 is 9.59 Å². The van der Waals surface area contributed by atoms with E-state index in [1.165, 1.54) is 11.3 Å². The van der Waals surface area contributed by atoms with Crippen LogP contribution in [0.5, 0.6) is 0 Å². The monoisotopic (exact) mass is 431 g/mol. The number of carbonyl (C=O) groups excluding carboxylic acids is 2. The largest absolute Gasteiger partial charge is 0.327 e. The molecule has 5 rings (SSSR count). The van der Waals surface area contributed by atoms with Crippen LogP contribution in [-0.4, -0.2) is 27.2 Å². The number of nitrogens with zero attached hydrogens (tertiary/aromatic N) is 2. The zero-order valence-corrected chi connectivity index (χ0v) is 18.3. The van der Waals surface area contributed by atoms with Gasteiger partial charge in [0.05, 0.1) is 17.2 Å². The molecular weight excluding hydrogens is 406 g/mol. The summed E-state index contributed by atoms with van der Waals surface area (Å²) in [6.07, 6.45) is 3.69. The standard InChI is InChI=1S/C25H25N3O2S/c1-17-16-31-24(26-17)27-22(29)21-19-11-5-6-12-20(19)23(30)28(25(21)13-7-8-14-25)15-18-9-3-2-4-10-18/h2-6,9-12,16,21H,7-8,13-15H2,1H3,(H,26,27,29). The Morgan fingerprint density at radius 1 is 1.13 bits per heavy atom. The Labute approximate surface area is 186 Å². The normalized spacial score (nSPS) is 19.5. The number of rotatable bonds is 4. The molecule has 0 radical (unpaired) electrons. The fourth-order valence-electron chi connectivity index (χ4n) is 5.25. The molecule has 2 aliphatic rings. The Morgan fingerprint density at radius 2 is 1.84 bits per heavy atom. The van der Waals surface area contributed by atoms with Gasteiger partial charge in [-0.25, -0.2) is 4.98 Å². The third-order valence-corrected chi connectivity index (χ3v) is 7.46. The summed E-state index contributed by atoms with van der Waals surface area (Å²) in [7, 11) is 0. The first-order valence-electron chi connectivity index (χ1n) is 10.8. The third kappa shape index (κ3) is 3.45. The van der Waals surface area contributed by atoms with E-state index in [1.54, 1.807) is 0 Å². The lowest BCUT2D eigenvalue weighted by atomic mass is 9.71. The molecular formula is C25H25N3O2S. The highest BCUT2D eigenvalue weighted by atomic mass is 32.1. The topological polar surface area (TPSA) is 62.3 Å².